The number of anilines is 2. The number of halogens is 1. The molecule has 0 aliphatic heterocycles. The average molecular weight is 282 g/mol. The summed E-state index contributed by atoms with van der Waals surface area (Å²) in [5, 5.41) is 12.8. The van der Waals surface area contributed by atoms with Crippen molar-refractivity contribution in [1.82, 2.24) is 0 Å². The Morgan fingerprint density at radius 3 is 2.85 bits per heavy atom. The molecule has 2 atom stereocenters. The van der Waals surface area contributed by atoms with Crippen LogP contribution in [0.5, 0.6) is 5.75 Å². The van der Waals surface area contributed by atoms with Crippen molar-refractivity contribution in [2.75, 3.05) is 24.3 Å². The molecule has 112 valence electrons. The lowest BCUT2D eigenvalue weighted by atomic mass is 9.85. The average Bonchev–Trinajstić information content (AvgIpc) is 2.45. The van der Waals surface area contributed by atoms with Gasteiger partial charge in [-0.15, -0.1) is 0 Å². The second-order valence-corrected chi connectivity index (χ2v) is 5.28. The third-order valence-corrected chi connectivity index (χ3v) is 3.89. The SMILES string of the molecule is CCOc1cc(NC2CCCCC2CO)c(N)cc1F. The molecule has 20 heavy (non-hydrogen) atoms. The minimum atomic E-state index is -0.447. The zero-order chi connectivity index (χ0) is 14.5. The smallest absolute Gasteiger partial charge is 0.167 e. The number of ether oxygens (including phenoxy) is 1. The van der Waals surface area contributed by atoms with Gasteiger partial charge in [-0.3, -0.25) is 0 Å². The minimum Gasteiger partial charge on any atom is -0.491 e. The molecule has 1 aliphatic rings. The van der Waals surface area contributed by atoms with Crippen molar-refractivity contribution in [2.45, 2.75) is 38.6 Å². The molecule has 5 heteroatoms. The van der Waals surface area contributed by atoms with Crippen LogP contribution in [0.3, 0.4) is 0 Å². The van der Waals surface area contributed by atoms with E-state index in [2.05, 4.69) is 5.32 Å². The summed E-state index contributed by atoms with van der Waals surface area (Å²) in [4.78, 5) is 0. The lowest BCUT2D eigenvalue weighted by Gasteiger charge is -2.32. The number of nitrogens with one attached hydrogen (secondary N) is 1. The van der Waals surface area contributed by atoms with E-state index in [1.54, 1.807) is 6.07 Å². The van der Waals surface area contributed by atoms with E-state index in [0.717, 1.165) is 25.7 Å². The number of aliphatic hydroxyl groups excluding tert-OH is 1. The fourth-order valence-electron chi connectivity index (χ4n) is 2.78. The number of nitrogens with two attached hydrogens (primary N) is 1. The monoisotopic (exact) mass is 282 g/mol. The largest absolute Gasteiger partial charge is 0.491 e. The molecule has 0 saturated heterocycles. The Bertz CT molecular complexity index is 454. The van der Waals surface area contributed by atoms with E-state index < -0.39 is 5.82 Å². The first kappa shape index (κ1) is 14.9. The number of rotatable bonds is 5. The van der Waals surface area contributed by atoms with E-state index >= 15 is 0 Å². The Morgan fingerprint density at radius 2 is 2.15 bits per heavy atom. The summed E-state index contributed by atoms with van der Waals surface area (Å²) in [6.45, 7) is 2.38. The number of hydrogen-bond donors (Lipinski definition) is 3. The molecule has 4 N–H and O–H groups in total. The summed E-state index contributed by atoms with van der Waals surface area (Å²) in [7, 11) is 0. The molecule has 4 nitrogen and oxygen atoms in total. The molecule has 0 radical (unpaired) electrons. The predicted octanol–water partition coefficient (Wildman–Crippen LogP) is 2.77. The highest BCUT2D eigenvalue weighted by Gasteiger charge is 2.25. The molecule has 0 amide bonds. The van der Waals surface area contributed by atoms with E-state index in [1.165, 1.54) is 6.07 Å². The maximum Gasteiger partial charge on any atom is 0.167 e. The molecule has 1 fully saturated rings. The molecular weight excluding hydrogens is 259 g/mol. The van der Waals surface area contributed by atoms with Gasteiger partial charge < -0.3 is 20.9 Å². The molecule has 1 aliphatic carbocycles. The maximum absolute atomic E-state index is 13.7. The van der Waals surface area contributed by atoms with Gasteiger partial charge in [0.15, 0.2) is 11.6 Å². The Kier molecular flexibility index (Phi) is 5.06. The van der Waals surface area contributed by atoms with Crippen LogP contribution in [0.15, 0.2) is 12.1 Å². The molecule has 2 unspecified atom stereocenters. The van der Waals surface area contributed by atoms with Gasteiger partial charge in [-0.25, -0.2) is 4.39 Å². The summed E-state index contributed by atoms with van der Waals surface area (Å²) in [5.41, 5.74) is 6.92. The number of benzene rings is 1. The van der Waals surface area contributed by atoms with E-state index in [9.17, 15) is 9.50 Å². The first-order chi connectivity index (χ1) is 9.65. The highest BCUT2D eigenvalue weighted by atomic mass is 19.1. The second-order valence-electron chi connectivity index (χ2n) is 5.28. The summed E-state index contributed by atoms with van der Waals surface area (Å²) in [6, 6.07) is 3.07. The summed E-state index contributed by atoms with van der Waals surface area (Å²) < 4.78 is 18.9. The third-order valence-electron chi connectivity index (χ3n) is 3.89. The fourth-order valence-corrected chi connectivity index (χ4v) is 2.78. The first-order valence-electron chi connectivity index (χ1n) is 7.25. The lowest BCUT2D eigenvalue weighted by Crippen LogP contribution is -2.34. The van der Waals surface area contributed by atoms with Gasteiger partial charge in [-0.1, -0.05) is 12.8 Å². The van der Waals surface area contributed by atoms with Crippen molar-refractivity contribution in [3.8, 4) is 5.75 Å². The zero-order valence-corrected chi connectivity index (χ0v) is 11.9. The highest BCUT2D eigenvalue weighted by molar-refractivity contribution is 5.69. The van der Waals surface area contributed by atoms with Gasteiger partial charge in [-0.2, -0.15) is 0 Å². The predicted molar refractivity (Wildman–Crippen MR) is 78.4 cm³/mol. The third kappa shape index (κ3) is 3.33. The zero-order valence-electron chi connectivity index (χ0n) is 11.9. The molecule has 1 aromatic carbocycles. The Morgan fingerprint density at radius 1 is 1.40 bits per heavy atom. The summed E-state index contributed by atoms with van der Waals surface area (Å²) in [5.74, 6) is -0.0124. The van der Waals surface area contributed by atoms with Gasteiger partial charge in [0.05, 0.1) is 18.0 Å². The van der Waals surface area contributed by atoms with Gasteiger partial charge in [0.1, 0.15) is 0 Å². The summed E-state index contributed by atoms with van der Waals surface area (Å²) in [6.07, 6.45) is 4.28. The topological polar surface area (TPSA) is 67.5 Å². The van der Waals surface area contributed by atoms with Crippen LogP contribution < -0.4 is 15.8 Å². The molecule has 0 heterocycles. The molecule has 1 saturated carbocycles. The van der Waals surface area contributed by atoms with Crippen LogP contribution >= 0.6 is 0 Å². The van der Waals surface area contributed by atoms with Crippen molar-refractivity contribution in [3.05, 3.63) is 17.9 Å². The number of nitrogen functional groups attached to an aromatic ring is 1. The first-order valence-corrected chi connectivity index (χ1v) is 7.25. The molecule has 2 rings (SSSR count). The van der Waals surface area contributed by atoms with E-state index in [4.69, 9.17) is 10.5 Å². The lowest BCUT2D eigenvalue weighted by molar-refractivity contribution is 0.178. The van der Waals surface area contributed by atoms with Gasteiger partial charge in [0.25, 0.3) is 0 Å². The Labute approximate surface area is 119 Å². The van der Waals surface area contributed by atoms with Gasteiger partial charge in [-0.05, 0) is 19.8 Å². The van der Waals surface area contributed by atoms with Crippen molar-refractivity contribution in [3.63, 3.8) is 0 Å². The molecule has 1 aromatic rings. The van der Waals surface area contributed by atoms with Gasteiger partial charge in [0.2, 0.25) is 0 Å². The quantitative estimate of drug-likeness (QED) is 0.726. The molecule has 0 spiro atoms. The standard InChI is InChI=1S/C15H23FN2O2/c1-2-20-15-8-14(12(17)7-11(15)16)18-13-6-4-3-5-10(13)9-19/h7-8,10,13,18-19H,2-6,9,17H2,1H3. The normalized spacial score (nSPS) is 22.6. The van der Waals surface area contributed by atoms with E-state index in [1.807, 2.05) is 6.92 Å². The van der Waals surface area contributed by atoms with Crippen LogP contribution in [0.2, 0.25) is 0 Å². The fraction of sp³-hybridized carbons (Fsp3) is 0.600. The highest BCUT2D eigenvalue weighted by Crippen LogP contribution is 2.32. The minimum absolute atomic E-state index is 0.164. The van der Waals surface area contributed by atoms with Crippen LogP contribution in [0, 0.1) is 11.7 Å². The van der Waals surface area contributed by atoms with E-state index in [0.29, 0.717) is 18.0 Å². The molecule has 0 aromatic heterocycles. The second kappa shape index (κ2) is 6.79. The summed E-state index contributed by atoms with van der Waals surface area (Å²) >= 11 is 0. The van der Waals surface area contributed by atoms with Gasteiger partial charge >= 0.3 is 0 Å². The van der Waals surface area contributed by atoms with Crippen LogP contribution in [-0.2, 0) is 0 Å². The van der Waals surface area contributed by atoms with Gasteiger partial charge in [0, 0.05) is 30.7 Å². The van der Waals surface area contributed by atoms with E-state index in [-0.39, 0.29) is 24.3 Å². The van der Waals surface area contributed by atoms with Crippen molar-refractivity contribution >= 4 is 11.4 Å². The number of aliphatic hydroxyl groups is 1. The van der Waals surface area contributed by atoms with Crippen LogP contribution in [-0.4, -0.2) is 24.4 Å². The Hall–Kier alpha value is -1.49. The Balaban J connectivity index is 2.17. The van der Waals surface area contributed by atoms with Crippen molar-refractivity contribution in [1.29, 1.82) is 0 Å². The molecular formula is C15H23FN2O2. The van der Waals surface area contributed by atoms with Crippen molar-refractivity contribution in [2.24, 2.45) is 5.92 Å². The van der Waals surface area contributed by atoms with Crippen LogP contribution in [0.4, 0.5) is 15.8 Å². The van der Waals surface area contributed by atoms with Crippen molar-refractivity contribution < 1.29 is 14.2 Å². The maximum atomic E-state index is 13.7. The van der Waals surface area contributed by atoms with Crippen LogP contribution in [0.25, 0.3) is 0 Å². The van der Waals surface area contributed by atoms with Crippen LogP contribution in [0.1, 0.15) is 32.6 Å². The number of hydrogen-bond acceptors (Lipinski definition) is 4. The molecule has 0 bridgehead atoms.